The Labute approximate surface area is 126 Å². The second kappa shape index (κ2) is 7.27. The van der Waals surface area contributed by atoms with E-state index in [0.29, 0.717) is 11.0 Å². The van der Waals surface area contributed by atoms with E-state index in [2.05, 4.69) is 30.9 Å². The first kappa shape index (κ1) is 21.2. The zero-order chi connectivity index (χ0) is 8.70. The largest absolute Gasteiger partial charge is 1.00 e. The SMILES string of the molecule is CC1(C)CCC[N]([Mg+])C1(C)C.[Cl-].[Cl-].[Li+]. The van der Waals surface area contributed by atoms with Crippen molar-refractivity contribution < 1.29 is 43.7 Å². The van der Waals surface area contributed by atoms with E-state index in [1.165, 1.54) is 19.4 Å². The summed E-state index contributed by atoms with van der Waals surface area (Å²) in [5.74, 6) is 0. The van der Waals surface area contributed by atoms with Gasteiger partial charge in [-0.2, -0.15) is 0 Å². The summed E-state index contributed by atoms with van der Waals surface area (Å²) in [5, 5.41) is 0. The zero-order valence-corrected chi connectivity index (χ0v) is 13.0. The van der Waals surface area contributed by atoms with Gasteiger partial charge in [0.05, 0.1) is 0 Å². The van der Waals surface area contributed by atoms with Crippen molar-refractivity contribution in [2.45, 2.75) is 46.1 Å². The quantitative estimate of drug-likeness (QED) is 0.382. The molecule has 1 saturated heterocycles. The first-order valence-electron chi connectivity index (χ1n) is 4.46. The van der Waals surface area contributed by atoms with Crippen LogP contribution in [0, 0.1) is 5.41 Å². The fraction of sp³-hybridized carbons (Fsp3) is 1.00. The van der Waals surface area contributed by atoms with Crippen LogP contribution in [0.3, 0.4) is 0 Å². The maximum absolute atomic E-state index is 2.51. The minimum atomic E-state index is 0. The van der Waals surface area contributed by atoms with Crippen molar-refractivity contribution in [2.24, 2.45) is 5.41 Å². The van der Waals surface area contributed by atoms with Crippen molar-refractivity contribution in [3.8, 4) is 0 Å². The Morgan fingerprint density at radius 3 is 1.79 bits per heavy atom. The van der Waals surface area contributed by atoms with Crippen LogP contribution in [0.5, 0.6) is 0 Å². The van der Waals surface area contributed by atoms with E-state index >= 15 is 0 Å². The molecular weight excluding hydrogens is 224 g/mol. The number of nitrogens with zero attached hydrogens (tertiary/aromatic N) is 1. The van der Waals surface area contributed by atoms with Gasteiger partial charge in [-0.15, -0.1) is 0 Å². The van der Waals surface area contributed by atoms with Crippen molar-refractivity contribution >= 4 is 22.0 Å². The first-order valence-corrected chi connectivity index (χ1v) is 5.09. The van der Waals surface area contributed by atoms with Gasteiger partial charge in [0, 0.05) is 0 Å². The molecule has 1 heterocycles. The van der Waals surface area contributed by atoms with Gasteiger partial charge in [0.1, 0.15) is 0 Å². The third kappa shape index (κ3) is 4.05. The van der Waals surface area contributed by atoms with E-state index in [-0.39, 0.29) is 43.7 Å². The summed E-state index contributed by atoms with van der Waals surface area (Å²) in [6, 6.07) is 0. The molecule has 1 nitrogen and oxygen atoms in total. The molecule has 0 N–H and O–H groups in total. The van der Waals surface area contributed by atoms with Crippen LogP contribution in [0.1, 0.15) is 40.5 Å². The number of hydrogen-bond acceptors (Lipinski definition) is 1. The summed E-state index contributed by atoms with van der Waals surface area (Å²) in [6.45, 7) is 10.8. The van der Waals surface area contributed by atoms with Crippen molar-refractivity contribution in [2.75, 3.05) is 6.54 Å². The van der Waals surface area contributed by atoms with Gasteiger partial charge < -0.3 is 24.8 Å². The van der Waals surface area contributed by atoms with Gasteiger partial charge in [0.25, 0.3) is 0 Å². The normalized spacial score (nSPS) is 23.9. The molecule has 0 atom stereocenters. The fourth-order valence-electron chi connectivity index (χ4n) is 1.73. The molecular formula is C9H18Cl2LiMgN. The van der Waals surface area contributed by atoms with Gasteiger partial charge in [-0.05, 0) is 0 Å². The Morgan fingerprint density at radius 2 is 1.50 bits per heavy atom. The molecule has 76 valence electrons. The molecule has 0 aromatic carbocycles. The Bertz CT molecular complexity index is 165. The van der Waals surface area contributed by atoms with Crippen molar-refractivity contribution in [1.82, 2.24) is 3.22 Å². The standard InChI is InChI=1S/C9H18N.2ClH.Li.Mg/c1-8(2)6-5-7-10-9(8,3)4;;;;/h5-7H2,1-4H3;2*1H;;/q-1;;;+1;+2/p-2. The monoisotopic (exact) mass is 241 g/mol. The van der Waals surface area contributed by atoms with E-state index in [0.717, 1.165) is 0 Å². The number of halogens is 2. The summed E-state index contributed by atoms with van der Waals surface area (Å²) in [6.07, 6.45) is 2.73. The molecule has 1 fully saturated rings. The molecule has 0 aliphatic carbocycles. The molecule has 0 amide bonds. The van der Waals surface area contributed by atoms with E-state index in [9.17, 15) is 0 Å². The molecule has 1 rings (SSSR count). The Kier molecular flexibility index (Phi) is 11.0. The third-order valence-electron chi connectivity index (χ3n) is 3.68. The van der Waals surface area contributed by atoms with Gasteiger partial charge in [-0.25, -0.2) is 0 Å². The fourth-order valence-corrected chi connectivity index (χ4v) is 2.38. The molecule has 0 bridgehead atoms. The van der Waals surface area contributed by atoms with Crippen molar-refractivity contribution in [1.29, 1.82) is 0 Å². The van der Waals surface area contributed by atoms with E-state index < -0.39 is 0 Å². The summed E-state index contributed by atoms with van der Waals surface area (Å²) >= 11 is 2.03. The minimum Gasteiger partial charge on any atom is -1.00 e. The van der Waals surface area contributed by atoms with Crippen LogP contribution < -0.4 is 43.7 Å². The zero-order valence-electron chi connectivity index (χ0n) is 10.0. The van der Waals surface area contributed by atoms with Gasteiger partial charge in [-0.1, -0.05) is 0 Å². The van der Waals surface area contributed by atoms with E-state index in [4.69, 9.17) is 0 Å². The van der Waals surface area contributed by atoms with Gasteiger partial charge in [-0.3, -0.25) is 0 Å². The predicted octanol–water partition coefficient (Wildman–Crippen LogP) is -7.02. The Balaban J connectivity index is -0.000000403. The number of piperidine rings is 1. The average Bonchev–Trinajstić information content (AvgIpc) is 1.84. The van der Waals surface area contributed by atoms with Crippen LogP contribution in [-0.4, -0.2) is 37.3 Å². The maximum Gasteiger partial charge on any atom is 1.00 e. The molecule has 14 heavy (non-hydrogen) atoms. The maximum atomic E-state index is 2.51. The molecule has 0 aromatic rings. The van der Waals surface area contributed by atoms with Crippen molar-refractivity contribution in [3.63, 3.8) is 0 Å². The molecule has 0 radical (unpaired) electrons. The van der Waals surface area contributed by atoms with Gasteiger partial charge >= 0.3 is 102 Å². The van der Waals surface area contributed by atoms with Crippen LogP contribution in [0.2, 0.25) is 0 Å². The minimum absolute atomic E-state index is 0. The molecule has 1 aliphatic heterocycles. The Morgan fingerprint density at radius 1 is 1.07 bits per heavy atom. The Hall–Kier alpha value is 1.90. The summed E-state index contributed by atoms with van der Waals surface area (Å²) in [7, 11) is 0. The molecule has 5 heteroatoms. The predicted molar refractivity (Wildman–Crippen MR) is 49.6 cm³/mol. The number of hydrogen-bond donors (Lipinski definition) is 0. The topological polar surface area (TPSA) is 3.24 Å². The molecule has 1 aliphatic rings. The van der Waals surface area contributed by atoms with Crippen LogP contribution in [0.15, 0.2) is 0 Å². The summed E-state index contributed by atoms with van der Waals surface area (Å²) in [5.41, 5.74) is 0.858. The number of rotatable bonds is 0. The first-order chi connectivity index (χ1) is 4.88. The van der Waals surface area contributed by atoms with Crippen LogP contribution in [-0.2, 0) is 0 Å². The van der Waals surface area contributed by atoms with E-state index in [1.54, 1.807) is 0 Å². The average molecular weight is 242 g/mol. The second-order valence-electron chi connectivity index (χ2n) is 4.81. The van der Waals surface area contributed by atoms with Gasteiger partial charge in [0.15, 0.2) is 0 Å². The summed E-state index contributed by atoms with van der Waals surface area (Å²) in [4.78, 5) is 0. The van der Waals surface area contributed by atoms with Crippen LogP contribution in [0.25, 0.3) is 0 Å². The van der Waals surface area contributed by atoms with Gasteiger partial charge in [0.2, 0.25) is 0 Å². The second-order valence-corrected chi connectivity index (χ2v) is 5.57. The molecule has 0 saturated carbocycles. The molecule has 0 unspecified atom stereocenters. The van der Waals surface area contributed by atoms with Crippen molar-refractivity contribution in [3.05, 3.63) is 0 Å². The summed E-state index contributed by atoms with van der Waals surface area (Å²) < 4.78 is 2.51. The smallest absolute Gasteiger partial charge is 1.00 e. The molecule has 0 aromatic heterocycles. The van der Waals surface area contributed by atoms with Crippen LogP contribution >= 0.6 is 0 Å². The van der Waals surface area contributed by atoms with Crippen LogP contribution in [0.4, 0.5) is 0 Å². The molecule has 0 spiro atoms. The van der Waals surface area contributed by atoms with E-state index in [1.807, 2.05) is 22.0 Å². The third-order valence-corrected chi connectivity index (χ3v) is 4.78.